The van der Waals surface area contributed by atoms with E-state index in [1.165, 1.54) is 6.92 Å². The van der Waals surface area contributed by atoms with Crippen LogP contribution in [0.3, 0.4) is 0 Å². The molecule has 0 saturated heterocycles. The number of amides is 1. The van der Waals surface area contributed by atoms with Crippen molar-refractivity contribution < 1.29 is 9.53 Å². The zero-order valence-corrected chi connectivity index (χ0v) is 11.5. The molecule has 0 unspecified atom stereocenters. The molecule has 0 radical (unpaired) electrons. The molecular formula is C13H18ClNO2. The van der Waals surface area contributed by atoms with E-state index in [-0.39, 0.29) is 12.6 Å². The number of anilines is 1. The van der Waals surface area contributed by atoms with Gasteiger partial charge < -0.3 is 4.74 Å². The van der Waals surface area contributed by atoms with Gasteiger partial charge in [-0.1, -0.05) is 24.6 Å². The minimum Gasteiger partial charge on any atom is -0.364 e. The van der Waals surface area contributed by atoms with Crippen molar-refractivity contribution in [3.8, 4) is 0 Å². The molecule has 0 fully saturated rings. The van der Waals surface area contributed by atoms with E-state index in [0.29, 0.717) is 5.02 Å². The second kappa shape index (κ2) is 6.03. The van der Waals surface area contributed by atoms with Gasteiger partial charge in [-0.2, -0.15) is 0 Å². The largest absolute Gasteiger partial charge is 0.364 e. The predicted octanol–water partition coefficient (Wildman–Crippen LogP) is 3.17. The quantitative estimate of drug-likeness (QED) is 0.774. The van der Waals surface area contributed by atoms with E-state index >= 15 is 0 Å². The lowest BCUT2D eigenvalue weighted by Gasteiger charge is -2.25. The summed E-state index contributed by atoms with van der Waals surface area (Å²) in [5.74, 6) is -0.0492. The highest BCUT2D eigenvalue weighted by atomic mass is 35.5. The van der Waals surface area contributed by atoms with Gasteiger partial charge in [0.1, 0.15) is 6.73 Å². The van der Waals surface area contributed by atoms with Crippen molar-refractivity contribution in [2.24, 2.45) is 0 Å². The number of carbonyl (C=O) groups is 1. The number of carbonyl (C=O) groups excluding carboxylic acids is 1. The lowest BCUT2D eigenvalue weighted by Crippen LogP contribution is -2.32. The zero-order chi connectivity index (χ0) is 13.0. The SMILES string of the molecule is CCc1c(Cl)ccc(C)c1N(COC)C(C)=O. The van der Waals surface area contributed by atoms with E-state index < -0.39 is 0 Å². The minimum atomic E-state index is -0.0492. The summed E-state index contributed by atoms with van der Waals surface area (Å²) in [6.07, 6.45) is 0.781. The summed E-state index contributed by atoms with van der Waals surface area (Å²) >= 11 is 6.17. The second-order valence-corrected chi connectivity index (χ2v) is 4.32. The van der Waals surface area contributed by atoms with Crippen LogP contribution in [0.15, 0.2) is 12.1 Å². The number of hydrogen-bond donors (Lipinski definition) is 0. The first-order valence-corrected chi connectivity index (χ1v) is 5.95. The molecule has 94 valence electrons. The summed E-state index contributed by atoms with van der Waals surface area (Å²) in [4.78, 5) is 13.3. The lowest BCUT2D eigenvalue weighted by molar-refractivity contribution is -0.117. The van der Waals surface area contributed by atoms with Crippen molar-refractivity contribution >= 4 is 23.2 Å². The fraction of sp³-hybridized carbons (Fsp3) is 0.462. The first-order valence-electron chi connectivity index (χ1n) is 5.57. The molecule has 0 heterocycles. The van der Waals surface area contributed by atoms with E-state index in [1.54, 1.807) is 12.0 Å². The molecule has 1 aromatic rings. The molecule has 1 amide bonds. The van der Waals surface area contributed by atoms with Gasteiger partial charge in [-0.15, -0.1) is 0 Å². The number of ether oxygens (including phenoxy) is 1. The van der Waals surface area contributed by atoms with Gasteiger partial charge in [-0.05, 0) is 30.5 Å². The first kappa shape index (κ1) is 14.0. The third kappa shape index (κ3) is 2.99. The Kier molecular flexibility index (Phi) is 4.97. The van der Waals surface area contributed by atoms with Crippen molar-refractivity contribution in [3.63, 3.8) is 0 Å². The van der Waals surface area contributed by atoms with Crippen LogP contribution in [-0.4, -0.2) is 19.7 Å². The Morgan fingerprint density at radius 1 is 1.47 bits per heavy atom. The van der Waals surface area contributed by atoms with Gasteiger partial charge in [0, 0.05) is 19.1 Å². The smallest absolute Gasteiger partial charge is 0.225 e. The van der Waals surface area contributed by atoms with Crippen LogP contribution >= 0.6 is 11.6 Å². The molecule has 0 atom stereocenters. The van der Waals surface area contributed by atoms with Crippen LogP contribution in [0.5, 0.6) is 0 Å². The molecule has 0 N–H and O–H groups in total. The highest BCUT2D eigenvalue weighted by Crippen LogP contribution is 2.31. The standard InChI is InChI=1S/C13H18ClNO2/c1-5-11-12(14)7-6-9(2)13(11)15(8-17-4)10(3)16/h6-7H,5,8H2,1-4H3. The van der Waals surface area contributed by atoms with Gasteiger partial charge in [-0.3, -0.25) is 9.69 Å². The van der Waals surface area contributed by atoms with E-state index in [9.17, 15) is 4.79 Å². The van der Waals surface area contributed by atoms with Gasteiger partial charge in [0.2, 0.25) is 5.91 Å². The molecule has 0 aliphatic carbocycles. The minimum absolute atomic E-state index is 0.0492. The molecule has 0 bridgehead atoms. The van der Waals surface area contributed by atoms with Crippen molar-refractivity contribution in [1.29, 1.82) is 0 Å². The van der Waals surface area contributed by atoms with Crippen molar-refractivity contribution in [3.05, 3.63) is 28.3 Å². The number of methoxy groups -OCH3 is 1. The van der Waals surface area contributed by atoms with Gasteiger partial charge in [-0.25, -0.2) is 0 Å². The molecule has 1 aromatic carbocycles. The Hall–Kier alpha value is -1.06. The summed E-state index contributed by atoms with van der Waals surface area (Å²) in [6.45, 7) is 5.76. The van der Waals surface area contributed by atoms with E-state index in [4.69, 9.17) is 16.3 Å². The normalized spacial score (nSPS) is 10.4. The highest BCUT2D eigenvalue weighted by molar-refractivity contribution is 6.32. The number of nitrogens with zero attached hydrogens (tertiary/aromatic N) is 1. The van der Waals surface area contributed by atoms with Crippen LogP contribution in [0.25, 0.3) is 0 Å². The third-order valence-electron chi connectivity index (χ3n) is 2.69. The van der Waals surface area contributed by atoms with Crippen LogP contribution in [0.4, 0.5) is 5.69 Å². The van der Waals surface area contributed by atoms with Crippen molar-refractivity contribution in [2.75, 3.05) is 18.7 Å². The molecule has 3 nitrogen and oxygen atoms in total. The molecule has 1 rings (SSSR count). The van der Waals surface area contributed by atoms with Crippen LogP contribution in [-0.2, 0) is 16.0 Å². The zero-order valence-electron chi connectivity index (χ0n) is 10.7. The number of hydrogen-bond acceptors (Lipinski definition) is 2. The average molecular weight is 256 g/mol. The average Bonchev–Trinajstić information content (AvgIpc) is 2.29. The topological polar surface area (TPSA) is 29.5 Å². The van der Waals surface area contributed by atoms with Gasteiger partial charge in [0.05, 0.1) is 5.69 Å². The number of benzene rings is 1. The molecule has 4 heteroatoms. The highest BCUT2D eigenvalue weighted by Gasteiger charge is 2.18. The Bertz CT molecular complexity index is 418. The van der Waals surface area contributed by atoms with E-state index in [2.05, 4.69) is 0 Å². The van der Waals surface area contributed by atoms with Crippen molar-refractivity contribution in [1.82, 2.24) is 0 Å². The van der Waals surface area contributed by atoms with Crippen LogP contribution in [0.2, 0.25) is 5.02 Å². The van der Waals surface area contributed by atoms with Gasteiger partial charge in [0.15, 0.2) is 0 Å². The maximum atomic E-state index is 11.7. The molecule has 0 saturated carbocycles. The van der Waals surface area contributed by atoms with Gasteiger partial charge >= 0.3 is 0 Å². The maximum absolute atomic E-state index is 11.7. The van der Waals surface area contributed by atoms with Gasteiger partial charge in [0.25, 0.3) is 0 Å². The number of rotatable bonds is 4. The second-order valence-electron chi connectivity index (χ2n) is 3.91. The fourth-order valence-corrected chi connectivity index (χ4v) is 2.17. The first-order chi connectivity index (χ1) is 8.02. The van der Waals surface area contributed by atoms with E-state index in [0.717, 1.165) is 23.2 Å². The summed E-state index contributed by atoms with van der Waals surface area (Å²) in [5, 5.41) is 0.690. The lowest BCUT2D eigenvalue weighted by atomic mass is 10.0. The van der Waals surface area contributed by atoms with E-state index in [1.807, 2.05) is 26.0 Å². The Morgan fingerprint density at radius 2 is 2.12 bits per heavy atom. The Morgan fingerprint density at radius 3 is 2.59 bits per heavy atom. The maximum Gasteiger partial charge on any atom is 0.225 e. The summed E-state index contributed by atoms with van der Waals surface area (Å²) < 4.78 is 5.08. The molecule has 0 aliphatic heterocycles. The summed E-state index contributed by atoms with van der Waals surface area (Å²) in [5.41, 5.74) is 2.88. The molecule has 0 aromatic heterocycles. The third-order valence-corrected chi connectivity index (χ3v) is 3.04. The monoisotopic (exact) mass is 255 g/mol. The molecule has 0 aliphatic rings. The molecular weight excluding hydrogens is 238 g/mol. The van der Waals surface area contributed by atoms with Crippen molar-refractivity contribution in [2.45, 2.75) is 27.2 Å². The number of aryl methyl sites for hydroxylation is 1. The number of halogens is 1. The van der Waals surface area contributed by atoms with Crippen LogP contribution < -0.4 is 4.90 Å². The molecule has 17 heavy (non-hydrogen) atoms. The summed E-state index contributed by atoms with van der Waals surface area (Å²) in [6, 6.07) is 3.78. The Balaban J connectivity index is 3.34. The Labute approximate surface area is 107 Å². The predicted molar refractivity (Wildman–Crippen MR) is 70.6 cm³/mol. The van der Waals surface area contributed by atoms with Crippen LogP contribution in [0.1, 0.15) is 25.0 Å². The van der Waals surface area contributed by atoms with Crippen LogP contribution in [0, 0.1) is 6.92 Å². The fourth-order valence-electron chi connectivity index (χ4n) is 1.88. The molecule has 0 spiro atoms. The summed E-state index contributed by atoms with van der Waals surface area (Å²) in [7, 11) is 1.57.